The lowest BCUT2D eigenvalue weighted by atomic mass is 10.2. The van der Waals surface area contributed by atoms with Gasteiger partial charge in [0.15, 0.2) is 0 Å². The van der Waals surface area contributed by atoms with Gasteiger partial charge >= 0.3 is 0 Å². The molecule has 0 aliphatic heterocycles. The Kier molecular flexibility index (Phi) is 4.35. The van der Waals surface area contributed by atoms with Crippen molar-refractivity contribution in [1.82, 2.24) is 4.98 Å². The Hall–Kier alpha value is -1.64. The van der Waals surface area contributed by atoms with Crippen molar-refractivity contribution < 1.29 is 4.39 Å². The molecule has 0 fully saturated rings. The molecule has 0 atom stereocenters. The van der Waals surface area contributed by atoms with E-state index in [1.807, 2.05) is 6.07 Å². The first kappa shape index (κ1) is 13.8. The summed E-state index contributed by atoms with van der Waals surface area (Å²) in [6, 6.07) is 8.16. The molecule has 6 heteroatoms. The van der Waals surface area contributed by atoms with Crippen molar-refractivity contribution in [3.63, 3.8) is 0 Å². The molecule has 3 nitrogen and oxygen atoms in total. The van der Waals surface area contributed by atoms with Crippen LogP contribution in [0.1, 0.15) is 11.1 Å². The van der Waals surface area contributed by atoms with E-state index in [1.54, 1.807) is 12.1 Å². The maximum Gasteiger partial charge on any atom is 0.146 e. The van der Waals surface area contributed by atoms with Crippen molar-refractivity contribution in [2.75, 3.05) is 5.32 Å². The third-order valence-corrected chi connectivity index (χ3v) is 3.34. The van der Waals surface area contributed by atoms with Gasteiger partial charge in [-0.15, -0.1) is 0 Å². The number of pyridine rings is 1. The van der Waals surface area contributed by atoms with Crippen LogP contribution in [0.4, 0.5) is 10.2 Å². The molecule has 0 saturated heterocycles. The van der Waals surface area contributed by atoms with Crippen LogP contribution < -0.4 is 5.32 Å². The molecule has 0 bridgehead atoms. The highest BCUT2D eigenvalue weighted by Gasteiger charge is 2.08. The first-order valence-electron chi connectivity index (χ1n) is 5.34. The van der Waals surface area contributed by atoms with Gasteiger partial charge in [-0.25, -0.2) is 9.37 Å². The number of anilines is 1. The topological polar surface area (TPSA) is 48.7 Å². The van der Waals surface area contributed by atoms with Gasteiger partial charge < -0.3 is 5.32 Å². The summed E-state index contributed by atoms with van der Waals surface area (Å²) < 4.78 is 14.3. The Labute approximate surface area is 123 Å². The Morgan fingerprint density at radius 1 is 1.42 bits per heavy atom. The van der Waals surface area contributed by atoms with Crippen molar-refractivity contribution in [1.29, 1.82) is 5.26 Å². The first-order valence-corrected chi connectivity index (χ1v) is 6.51. The van der Waals surface area contributed by atoms with Crippen LogP contribution in [0, 0.1) is 17.1 Å². The number of nitrogens with one attached hydrogen (secondary N) is 1. The quantitative estimate of drug-likeness (QED) is 0.914. The second-order valence-electron chi connectivity index (χ2n) is 3.72. The Balaban J connectivity index is 2.20. The molecule has 1 aromatic heterocycles. The predicted octanol–water partition coefficient (Wildman–Crippen LogP) is 4.12. The van der Waals surface area contributed by atoms with Gasteiger partial charge in [0, 0.05) is 22.8 Å². The zero-order valence-electron chi connectivity index (χ0n) is 9.62. The van der Waals surface area contributed by atoms with Gasteiger partial charge in [0.05, 0.1) is 5.56 Å². The molecular weight excluding hydrogens is 333 g/mol. The summed E-state index contributed by atoms with van der Waals surface area (Å²) in [5, 5.41) is 12.0. The zero-order valence-corrected chi connectivity index (χ0v) is 12.0. The molecule has 19 heavy (non-hydrogen) atoms. The van der Waals surface area contributed by atoms with Gasteiger partial charge in [0.2, 0.25) is 0 Å². The fourth-order valence-corrected chi connectivity index (χ4v) is 2.14. The number of aromatic nitrogens is 1. The molecule has 0 saturated carbocycles. The highest BCUT2D eigenvalue weighted by molar-refractivity contribution is 9.10. The van der Waals surface area contributed by atoms with Crippen molar-refractivity contribution in [2.24, 2.45) is 0 Å². The lowest BCUT2D eigenvalue weighted by Crippen LogP contribution is -2.04. The minimum Gasteiger partial charge on any atom is -0.365 e. The minimum absolute atomic E-state index is 0.229. The van der Waals surface area contributed by atoms with E-state index in [1.165, 1.54) is 18.3 Å². The summed E-state index contributed by atoms with van der Waals surface area (Å²) in [5.41, 5.74) is 0.809. The first-order chi connectivity index (χ1) is 9.11. The fraction of sp³-hybridized carbons (Fsp3) is 0.0769. The Morgan fingerprint density at radius 3 is 2.95 bits per heavy atom. The van der Waals surface area contributed by atoms with E-state index in [9.17, 15) is 4.39 Å². The zero-order chi connectivity index (χ0) is 13.8. The molecule has 2 aromatic rings. The smallest absolute Gasteiger partial charge is 0.146 e. The monoisotopic (exact) mass is 339 g/mol. The van der Waals surface area contributed by atoms with E-state index in [0.29, 0.717) is 16.9 Å². The van der Waals surface area contributed by atoms with E-state index in [0.717, 1.165) is 4.47 Å². The fourth-order valence-electron chi connectivity index (χ4n) is 1.51. The molecule has 0 amide bonds. The van der Waals surface area contributed by atoms with Crippen LogP contribution >= 0.6 is 27.5 Å². The van der Waals surface area contributed by atoms with Crippen molar-refractivity contribution in [2.45, 2.75) is 6.54 Å². The number of halogens is 3. The molecule has 1 heterocycles. The van der Waals surface area contributed by atoms with Gasteiger partial charge in [-0.1, -0.05) is 27.5 Å². The van der Waals surface area contributed by atoms with Gasteiger partial charge in [0.1, 0.15) is 22.7 Å². The van der Waals surface area contributed by atoms with Crippen LogP contribution in [0.15, 0.2) is 34.9 Å². The number of hydrogen-bond donors (Lipinski definition) is 1. The van der Waals surface area contributed by atoms with E-state index in [-0.39, 0.29) is 17.4 Å². The van der Waals surface area contributed by atoms with Gasteiger partial charge in [0.25, 0.3) is 0 Å². The normalized spacial score (nSPS) is 10.0. The number of benzene rings is 1. The molecule has 0 aliphatic carbocycles. The molecule has 0 unspecified atom stereocenters. The molecular formula is C13H8BrClFN3. The lowest BCUT2D eigenvalue weighted by Gasteiger charge is -2.09. The van der Waals surface area contributed by atoms with Crippen molar-refractivity contribution >= 4 is 33.3 Å². The summed E-state index contributed by atoms with van der Waals surface area (Å²) in [4.78, 5) is 4.03. The van der Waals surface area contributed by atoms with E-state index < -0.39 is 0 Å². The maximum absolute atomic E-state index is 13.6. The van der Waals surface area contributed by atoms with Crippen LogP contribution in [0.5, 0.6) is 0 Å². The standard InChI is InChI=1S/C13H8BrClFN3/c14-10-1-2-11(16)9(5-10)7-19-13-12(15)8(6-17)3-4-18-13/h1-5H,7H2,(H,18,19). The number of hydrogen-bond acceptors (Lipinski definition) is 3. The lowest BCUT2D eigenvalue weighted by molar-refractivity contribution is 0.612. The van der Waals surface area contributed by atoms with Crippen molar-refractivity contribution in [3.8, 4) is 6.07 Å². The van der Waals surface area contributed by atoms with E-state index >= 15 is 0 Å². The third-order valence-electron chi connectivity index (χ3n) is 2.46. The Bertz CT molecular complexity index is 655. The van der Waals surface area contributed by atoms with Crippen LogP contribution in [0.3, 0.4) is 0 Å². The van der Waals surface area contributed by atoms with Crippen LogP contribution in [0.25, 0.3) is 0 Å². The van der Waals surface area contributed by atoms with Gasteiger partial charge in [-0.2, -0.15) is 5.26 Å². The average molecular weight is 341 g/mol. The Morgan fingerprint density at radius 2 is 2.21 bits per heavy atom. The van der Waals surface area contributed by atoms with E-state index in [4.69, 9.17) is 16.9 Å². The summed E-state index contributed by atoms with van der Waals surface area (Å²) in [6.45, 7) is 0.229. The minimum atomic E-state index is -0.316. The number of rotatable bonds is 3. The number of nitrogens with zero attached hydrogens (tertiary/aromatic N) is 2. The third kappa shape index (κ3) is 3.22. The maximum atomic E-state index is 13.6. The molecule has 0 radical (unpaired) electrons. The molecule has 1 aromatic carbocycles. The summed E-state index contributed by atoms with van der Waals surface area (Å²) in [5.74, 6) is 0.0448. The highest BCUT2D eigenvalue weighted by Crippen LogP contribution is 2.24. The molecule has 2 rings (SSSR count). The van der Waals surface area contributed by atoms with Gasteiger partial charge in [-0.3, -0.25) is 0 Å². The molecule has 0 spiro atoms. The van der Waals surface area contributed by atoms with Crippen LogP contribution in [-0.4, -0.2) is 4.98 Å². The molecule has 0 aliphatic rings. The highest BCUT2D eigenvalue weighted by atomic mass is 79.9. The second kappa shape index (κ2) is 6.00. The largest absolute Gasteiger partial charge is 0.365 e. The summed E-state index contributed by atoms with van der Waals surface area (Å²) in [7, 11) is 0. The van der Waals surface area contributed by atoms with Crippen LogP contribution in [-0.2, 0) is 6.54 Å². The SMILES string of the molecule is N#Cc1ccnc(NCc2cc(Br)ccc2F)c1Cl. The summed E-state index contributed by atoms with van der Waals surface area (Å²) >= 11 is 9.28. The number of nitriles is 1. The van der Waals surface area contributed by atoms with Crippen LogP contribution in [0.2, 0.25) is 5.02 Å². The predicted molar refractivity (Wildman–Crippen MR) is 75.4 cm³/mol. The average Bonchev–Trinajstić information content (AvgIpc) is 2.41. The summed E-state index contributed by atoms with van der Waals surface area (Å²) in [6.07, 6.45) is 1.48. The second-order valence-corrected chi connectivity index (χ2v) is 5.02. The van der Waals surface area contributed by atoms with Gasteiger partial charge in [-0.05, 0) is 24.3 Å². The van der Waals surface area contributed by atoms with E-state index in [2.05, 4.69) is 26.2 Å². The molecule has 1 N–H and O–H groups in total. The van der Waals surface area contributed by atoms with Crippen molar-refractivity contribution in [3.05, 3.63) is 56.9 Å². The molecule has 96 valence electrons.